The van der Waals surface area contributed by atoms with Crippen LogP contribution < -0.4 is 0 Å². The number of nitro groups is 1. The SMILES string of the molecule is CC1(CF)OC(c2ccccc2[N+](=O)[O-])=Nc2ccccc21. The van der Waals surface area contributed by atoms with E-state index in [0.717, 1.165) is 0 Å². The van der Waals surface area contributed by atoms with E-state index in [2.05, 4.69) is 4.99 Å². The second kappa shape index (κ2) is 5.22. The quantitative estimate of drug-likeness (QED) is 0.638. The maximum atomic E-state index is 13.6. The zero-order chi connectivity index (χ0) is 15.7. The number of halogens is 1. The summed E-state index contributed by atoms with van der Waals surface area (Å²) < 4.78 is 19.3. The van der Waals surface area contributed by atoms with Crippen molar-refractivity contribution in [3.05, 3.63) is 69.8 Å². The van der Waals surface area contributed by atoms with Crippen LogP contribution in [-0.4, -0.2) is 17.5 Å². The summed E-state index contributed by atoms with van der Waals surface area (Å²) in [7, 11) is 0. The van der Waals surface area contributed by atoms with E-state index in [1.165, 1.54) is 6.07 Å². The number of alkyl halides is 1. The molecule has 6 heteroatoms. The van der Waals surface area contributed by atoms with Crippen molar-refractivity contribution < 1.29 is 14.1 Å². The van der Waals surface area contributed by atoms with E-state index < -0.39 is 17.2 Å². The first-order valence-corrected chi connectivity index (χ1v) is 6.72. The molecule has 0 amide bonds. The van der Waals surface area contributed by atoms with E-state index >= 15 is 0 Å². The molecule has 0 bridgehead atoms. The lowest BCUT2D eigenvalue weighted by Crippen LogP contribution is -2.34. The molecule has 1 aliphatic rings. The van der Waals surface area contributed by atoms with Gasteiger partial charge in [0, 0.05) is 11.6 Å². The van der Waals surface area contributed by atoms with Gasteiger partial charge in [0.25, 0.3) is 5.69 Å². The molecule has 0 saturated carbocycles. The van der Waals surface area contributed by atoms with Gasteiger partial charge in [-0.25, -0.2) is 9.38 Å². The molecular weight excluding hydrogens is 287 g/mol. The third kappa shape index (κ3) is 2.22. The summed E-state index contributed by atoms with van der Waals surface area (Å²) in [5.41, 5.74) is 0.0857. The number of ether oxygens (including phenoxy) is 1. The molecule has 0 fully saturated rings. The minimum atomic E-state index is -1.21. The number of benzene rings is 2. The lowest BCUT2D eigenvalue weighted by atomic mass is 9.94. The average Bonchev–Trinajstić information content (AvgIpc) is 2.54. The molecule has 0 radical (unpaired) electrons. The van der Waals surface area contributed by atoms with Gasteiger partial charge >= 0.3 is 0 Å². The first-order chi connectivity index (χ1) is 10.5. The predicted molar refractivity (Wildman–Crippen MR) is 80.1 cm³/mol. The van der Waals surface area contributed by atoms with Crippen molar-refractivity contribution in [2.45, 2.75) is 12.5 Å². The minimum absolute atomic E-state index is 0.0613. The van der Waals surface area contributed by atoms with Gasteiger partial charge in [-0.1, -0.05) is 30.3 Å². The predicted octanol–water partition coefficient (Wildman–Crippen LogP) is 3.89. The summed E-state index contributed by atoms with van der Waals surface area (Å²) in [5.74, 6) is 0.0613. The fourth-order valence-corrected chi connectivity index (χ4v) is 2.45. The lowest BCUT2D eigenvalue weighted by Gasteiger charge is -2.33. The van der Waals surface area contributed by atoms with E-state index in [9.17, 15) is 14.5 Å². The molecule has 3 rings (SSSR count). The third-order valence-electron chi connectivity index (χ3n) is 3.60. The summed E-state index contributed by atoms with van der Waals surface area (Å²) >= 11 is 0. The summed E-state index contributed by atoms with van der Waals surface area (Å²) in [6.45, 7) is 0.846. The molecule has 1 heterocycles. The number of fused-ring (bicyclic) bond motifs is 1. The number of nitrogens with zero attached hydrogens (tertiary/aromatic N) is 2. The Balaban J connectivity index is 2.18. The second-order valence-electron chi connectivity index (χ2n) is 5.17. The Bertz CT molecular complexity index is 775. The molecule has 1 atom stereocenters. The van der Waals surface area contributed by atoms with E-state index in [-0.39, 0.29) is 17.1 Å². The van der Waals surface area contributed by atoms with Crippen LogP contribution in [0.25, 0.3) is 0 Å². The molecule has 1 unspecified atom stereocenters. The zero-order valence-electron chi connectivity index (χ0n) is 11.8. The summed E-state index contributed by atoms with van der Waals surface area (Å²) in [6, 6.07) is 13.2. The van der Waals surface area contributed by atoms with E-state index in [0.29, 0.717) is 11.3 Å². The van der Waals surface area contributed by atoms with Gasteiger partial charge in [0.2, 0.25) is 5.90 Å². The number of hydrogen-bond acceptors (Lipinski definition) is 4. The van der Waals surface area contributed by atoms with E-state index in [1.54, 1.807) is 49.4 Å². The smallest absolute Gasteiger partial charge is 0.282 e. The van der Waals surface area contributed by atoms with Crippen LogP contribution >= 0.6 is 0 Å². The van der Waals surface area contributed by atoms with E-state index in [4.69, 9.17) is 4.74 Å². The molecule has 22 heavy (non-hydrogen) atoms. The second-order valence-corrected chi connectivity index (χ2v) is 5.17. The van der Waals surface area contributed by atoms with Gasteiger partial charge in [0.1, 0.15) is 12.2 Å². The average molecular weight is 300 g/mol. The Morgan fingerprint density at radius 2 is 1.91 bits per heavy atom. The highest BCUT2D eigenvalue weighted by Crippen LogP contribution is 2.39. The van der Waals surface area contributed by atoms with Crippen molar-refractivity contribution in [2.75, 3.05) is 6.67 Å². The van der Waals surface area contributed by atoms with Crippen LogP contribution in [0.1, 0.15) is 18.1 Å². The van der Waals surface area contributed by atoms with Crippen molar-refractivity contribution in [1.82, 2.24) is 0 Å². The summed E-state index contributed by atoms with van der Waals surface area (Å²) in [5, 5.41) is 11.2. The normalized spacial score (nSPS) is 19.8. The molecule has 5 nitrogen and oxygen atoms in total. The fourth-order valence-electron chi connectivity index (χ4n) is 2.45. The Morgan fingerprint density at radius 1 is 1.23 bits per heavy atom. The van der Waals surface area contributed by atoms with Crippen molar-refractivity contribution in [1.29, 1.82) is 0 Å². The number of nitro benzene ring substituents is 1. The number of rotatable bonds is 3. The van der Waals surface area contributed by atoms with Crippen molar-refractivity contribution >= 4 is 17.3 Å². The fraction of sp³-hybridized carbons (Fsp3) is 0.188. The van der Waals surface area contributed by atoms with Gasteiger partial charge in [-0.3, -0.25) is 10.1 Å². The van der Waals surface area contributed by atoms with E-state index in [1.807, 2.05) is 0 Å². The van der Waals surface area contributed by atoms with Crippen molar-refractivity contribution in [3.8, 4) is 0 Å². The highest BCUT2D eigenvalue weighted by atomic mass is 19.1. The van der Waals surface area contributed by atoms with Crippen LogP contribution in [-0.2, 0) is 10.3 Å². The van der Waals surface area contributed by atoms with Gasteiger partial charge in [-0.2, -0.15) is 0 Å². The minimum Gasteiger partial charge on any atom is -0.463 e. The Labute approximate surface area is 126 Å². The standard InChI is InChI=1S/C16H13FN2O3/c1-16(10-17)12-7-3-4-8-13(12)18-15(22-16)11-6-2-5-9-14(11)19(20)21/h2-9H,10H2,1H3. The van der Waals surface area contributed by atoms with Crippen molar-refractivity contribution in [3.63, 3.8) is 0 Å². The number of hydrogen-bond donors (Lipinski definition) is 0. The first kappa shape index (κ1) is 14.2. The zero-order valence-corrected chi connectivity index (χ0v) is 11.8. The molecular formula is C16H13FN2O3. The number of para-hydroxylation sites is 2. The third-order valence-corrected chi connectivity index (χ3v) is 3.60. The molecule has 0 aromatic heterocycles. The van der Waals surface area contributed by atoms with Crippen molar-refractivity contribution in [2.24, 2.45) is 4.99 Å². The molecule has 2 aromatic carbocycles. The van der Waals surface area contributed by atoms with Crippen LogP contribution in [0.15, 0.2) is 53.5 Å². The highest BCUT2D eigenvalue weighted by Gasteiger charge is 2.37. The molecule has 0 aliphatic carbocycles. The first-order valence-electron chi connectivity index (χ1n) is 6.72. The molecule has 1 aliphatic heterocycles. The highest BCUT2D eigenvalue weighted by molar-refractivity contribution is 6.00. The monoisotopic (exact) mass is 300 g/mol. The van der Waals surface area contributed by atoms with Crippen LogP contribution in [0.5, 0.6) is 0 Å². The Hall–Kier alpha value is -2.76. The molecule has 0 N–H and O–H groups in total. The molecule has 0 saturated heterocycles. The van der Waals surface area contributed by atoms with Gasteiger partial charge in [-0.15, -0.1) is 0 Å². The van der Waals surface area contributed by atoms with Crippen LogP contribution in [0.2, 0.25) is 0 Å². The molecule has 112 valence electrons. The van der Waals surface area contributed by atoms with Gasteiger partial charge in [0.05, 0.1) is 10.6 Å². The molecule has 0 spiro atoms. The van der Waals surface area contributed by atoms with Gasteiger partial charge < -0.3 is 4.74 Å². The van der Waals surface area contributed by atoms with Crippen LogP contribution in [0.4, 0.5) is 15.8 Å². The van der Waals surface area contributed by atoms with Gasteiger partial charge in [0.15, 0.2) is 5.60 Å². The Kier molecular flexibility index (Phi) is 3.36. The number of aliphatic imine (C=N–C) groups is 1. The van der Waals surface area contributed by atoms with Crippen LogP contribution in [0, 0.1) is 10.1 Å². The molecule has 2 aromatic rings. The largest absolute Gasteiger partial charge is 0.463 e. The maximum absolute atomic E-state index is 13.6. The maximum Gasteiger partial charge on any atom is 0.282 e. The van der Waals surface area contributed by atoms with Crippen LogP contribution in [0.3, 0.4) is 0 Å². The Morgan fingerprint density at radius 3 is 2.64 bits per heavy atom. The summed E-state index contributed by atoms with van der Waals surface area (Å²) in [6.07, 6.45) is 0. The lowest BCUT2D eigenvalue weighted by molar-refractivity contribution is -0.385. The summed E-state index contributed by atoms with van der Waals surface area (Å²) in [4.78, 5) is 15.0. The van der Waals surface area contributed by atoms with Gasteiger partial charge in [-0.05, 0) is 19.1 Å². The topological polar surface area (TPSA) is 64.7 Å².